The molecule has 1 aromatic heterocycles. The van der Waals surface area contributed by atoms with Crippen molar-refractivity contribution in [1.82, 2.24) is 14.9 Å². The summed E-state index contributed by atoms with van der Waals surface area (Å²) in [5.41, 5.74) is 0. The average molecular weight is 312 g/mol. The first-order chi connectivity index (χ1) is 8.79. The molecule has 0 atom stereocenters. The Kier molecular flexibility index (Phi) is 3.80. The van der Waals surface area contributed by atoms with E-state index in [-0.39, 0.29) is 6.10 Å². The number of halogens is 1. The predicted octanol–water partition coefficient (Wildman–Crippen LogP) is 2.49. The van der Waals surface area contributed by atoms with Gasteiger partial charge in [-0.3, -0.25) is 0 Å². The van der Waals surface area contributed by atoms with Crippen LogP contribution in [0.15, 0.2) is 16.9 Å². The van der Waals surface area contributed by atoms with E-state index in [9.17, 15) is 0 Å². The molecule has 0 N–H and O–H groups in total. The van der Waals surface area contributed by atoms with Crippen LogP contribution in [0.1, 0.15) is 25.7 Å². The van der Waals surface area contributed by atoms with E-state index >= 15 is 0 Å². The van der Waals surface area contributed by atoms with E-state index in [2.05, 4.69) is 30.8 Å². The van der Waals surface area contributed by atoms with Crippen molar-refractivity contribution in [3.05, 3.63) is 16.9 Å². The lowest BCUT2D eigenvalue weighted by Gasteiger charge is -2.31. The van der Waals surface area contributed by atoms with E-state index in [0.717, 1.165) is 36.3 Å². The second-order valence-corrected chi connectivity index (χ2v) is 6.16. The minimum atomic E-state index is 0.279. The molecule has 3 rings (SSSR count). The molecule has 0 unspecified atom stereocenters. The summed E-state index contributed by atoms with van der Waals surface area (Å²) >= 11 is 3.32. The number of ether oxygens (including phenoxy) is 1. The van der Waals surface area contributed by atoms with Crippen LogP contribution in [0.5, 0.6) is 6.01 Å². The molecule has 1 saturated heterocycles. The highest BCUT2D eigenvalue weighted by atomic mass is 79.9. The first kappa shape index (κ1) is 12.4. The highest BCUT2D eigenvalue weighted by molar-refractivity contribution is 9.10. The Bertz CT molecular complexity index is 386. The molecule has 0 aromatic carbocycles. The zero-order chi connectivity index (χ0) is 12.4. The number of aromatic nitrogens is 2. The van der Waals surface area contributed by atoms with E-state index in [0.29, 0.717) is 6.01 Å². The summed E-state index contributed by atoms with van der Waals surface area (Å²) in [5.74, 6) is 0.984. The van der Waals surface area contributed by atoms with Gasteiger partial charge in [-0.25, -0.2) is 9.97 Å². The third kappa shape index (κ3) is 3.42. The van der Waals surface area contributed by atoms with Crippen molar-refractivity contribution < 1.29 is 4.74 Å². The zero-order valence-electron chi connectivity index (χ0n) is 10.4. The number of rotatable bonds is 4. The summed E-state index contributed by atoms with van der Waals surface area (Å²) in [5, 5.41) is 0. The molecule has 18 heavy (non-hydrogen) atoms. The molecule has 98 valence electrons. The van der Waals surface area contributed by atoms with Gasteiger partial charge >= 0.3 is 6.01 Å². The lowest BCUT2D eigenvalue weighted by Crippen LogP contribution is -2.39. The van der Waals surface area contributed by atoms with Crippen molar-refractivity contribution >= 4 is 15.9 Å². The Hall–Kier alpha value is -0.680. The van der Waals surface area contributed by atoms with Crippen LogP contribution < -0.4 is 4.74 Å². The predicted molar refractivity (Wildman–Crippen MR) is 72.5 cm³/mol. The molecule has 2 heterocycles. The Morgan fingerprint density at radius 1 is 1.17 bits per heavy atom. The molecule has 1 aliphatic carbocycles. The van der Waals surface area contributed by atoms with Crippen molar-refractivity contribution in [3.8, 4) is 6.01 Å². The van der Waals surface area contributed by atoms with Gasteiger partial charge in [0.25, 0.3) is 0 Å². The van der Waals surface area contributed by atoms with Crippen molar-refractivity contribution in [1.29, 1.82) is 0 Å². The van der Waals surface area contributed by atoms with Crippen LogP contribution in [0, 0.1) is 5.92 Å². The molecule has 1 aliphatic heterocycles. The van der Waals surface area contributed by atoms with E-state index in [1.165, 1.54) is 19.4 Å². The number of hydrogen-bond acceptors (Lipinski definition) is 4. The summed E-state index contributed by atoms with van der Waals surface area (Å²) in [4.78, 5) is 10.9. The van der Waals surface area contributed by atoms with Gasteiger partial charge in [0.2, 0.25) is 0 Å². The van der Waals surface area contributed by atoms with Crippen LogP contribution in [0.2, 0.25) is 0 Å². The molecule has 0 bridgehead atoms. The fraction of sp³-hybridized carbons (Fsp3) is 0.692. The number of likely N-dealkylation sites (tertiary alicyclic amines) is 1. The molecule has 0 amide bonds. The summed E-state index contributed by atoms with van der Waals surface area (Å²) in [6.07, 6.45) is 8.78. The number of hydrogen-bond donors (Lipinski definition) is 0. The van der Waals surface area contributed by atoms with Gasteiger partial charge in [0, 0.05) is 32.0 Å². The first-order valence-corrected chi connectivity index (χ1v) is 7.45. The van der Waals surface area contributed by atoms with Crippen molar-refractivity contribution in [2.24, 2.45) is 5.92 Å². The van der Waals surface area contributed by atoms with Gasteiger partial charge in [-0.2, -0.15) is 0 Å². The minimum Gasteiger partial charge on any atom is -0.460 e. The molecule has 4 nitrogen and oxygen atoms in total. The second-order valence-electron chi connectivity index (χ2n) is 5.25. The maximum absolute atomic E-state index is 5.81. The standard InChI is InChI=1S/C13H18BrN3O/c14-11-7-15-13(16-8-11)18-12-3-5-17(6-4-12)9-10-1-2-10/h7-8,10,12H,1-6,9H2. The SMILES string of the molecule is Brc1cnc(OC2CCN(CC3CC3)CC2)nc1. The van der Waals surface area contributed by atoms with Crippen LogP contribution in [0.4, 0.5) is 0 Å². The van der Waals surface area contributed by atoms with Gasteiger partial charge < -0.3 is 9.64 Å². The Balaban J connectivity index is 1.45. The van der Waals surface area contributed by atoms with Crippen LogP contribution in [0.25, 0.3) is 0 Å². The van der Waals surface area contributed by atoms with Crippen LogP contribution in [-0.2, 0) is 0 Å². The fourth-order valence-electron chi connectivity index (χ4n) is 2.39. The summed E-state index contributed by atoms with van der Waals surface area (Å²) < 4.78 is 6.69. The van der Waals surface area contributed by atoms with Gasteiger partial charge in [-0.1, -0.05) is 0 Å². The van der Waals surface area contributed by atoms with Crippen LogP contribution in [-0.4, -0.2) is 40.6 Å². The van der Waals surface area contributed by atoms with Gasteiger partial charge in [0.05, 0.1) is 4.47 Å². The minimum absolute atomic E-state index is 0.279. The van der Waals surface area contributed by atoms with E-state index in [4.69, 9.17) is 4.74 Å². The third-order valence-electron chi connectivity index (χ3n) is 3.62. The van der Waals surface area contributed by atoms with Gasteiger partial charge in [0.1, 0.15) is 6.10 Å². The molecular weight excluding hydrogens is 294 g/mol. The van der Waals surface area contributed by atoms with E-state index in [1.54, 1.807) is 12.4 Å². The molecule has 2 aliphatic rings. The summed E-state index contributed by atoms with van der Waals surface area (Å²) in [6.45, 7) is 3.59. The Morgan fingerprint density at radius 3 is 2.44 bits per heavy atom. The maximum Gasteiger partial charge on any atom is 0.316 e. The van der Waals surface area contributed by atoms with Crippen molar-refractivity contribution in [2.75, 3.05) is 19.6 Å². The zero-order valence-corrected chi connectivity index (χ0v) is 12.0. The Morgan fingerprint density at radius 2 is 1.83 bits per heavy atom. The molecule has 1 saturated carbocycles. The van der Waals surface area contributed by atoms with Crippen LogP contribution >= 0.6 is 15.9 Å². The van der Waals surface area contributed by atoms with Crippen LogP contribution in [0.3, 0.4) is 0 Å². The fourth-order valence-corrected chi connectivity index (χ4v) is 2.59. The summed E-state index contributed by atoms with van der Waals surface area (Å²) in [6, 6.07) is 0.499. The second kappa shape index (κ2) is 5.53. The van der Waals surface area contributed by atoms with Gasteiger partial charge in [-0.05, 0) is 47.5 Å². The van der Waals surface area contributed by atoms with Gasteiger partial charge in [0.15, 0.2) is 0 Å². The molecular formula is C13H18BrN3O. The van der Waals surface area contributed by atoms with Gasteiger partial charge in [-0.15, -0.1) is 0 Å². The number of piperidine rings is 1. The maximum atomic E-state index is 5.81. The molecule has 1 aromatic rings. The molecule has 0 radical (unpaired) electrons. The lowest BCUT2D eigenvalue weighted by atomic mass is 10.1. The highest BCUT2D eigenvalue weighted by Crippen LogP contribution is 2.30. The largest absolute Gasteiger partial charge is 0.460 e. The smallest absolute Gasteiger partial charge is 0.316 e. The topological polar surface area (TPSA) is 38.2 Å². The first-order valence-electron chi connectivity index (χ1n) is 6.66. The van der Waals surface area contributed by atoms with Crippen molar-refractivity contribution in [2.45, 2.75) is 31.8 Å². The quantitative estimate of drug-likeness (QED) is 0.856. The molecule has 5 heteroatoms. The average Bonchev–Trinajstić information content (AvgIpc) is 3.19. The summed E-state index contributed by atoms with van der Waals surface area (Å²) in [7, 11) is 0. The lowest BCUT2D eigenvalue weighted by molar-refractivity contribution is 0.0904. The van der Waals surface area contributed by atoms with E-state index in [1.807, 2.05) is 0 Å². The van der Waals surface area contributed by atoms with E-state index < -0.39 is 0 Å². The third-order valence-corrected chi connectivity index (χ3v) is 4.03. The molecule has 0 spiro atoms. The van der Waals surface area contributed by atoms with Crippen molar-refractivity contribution in [3.63, 3.8) is 0 Å². The molecule has 2 fully saturated rings. The number of nitrogens with zero attached hydrogens (tertiary/aromatic N) is 3. The normalized spacial score (nSPS) is 22.1. The monoisotopic (exact) mass is 311 g/mol. The Labute approximate surface area is 116 Å². The highest BCUT2D eigenvalue weighted by Gasteiger charge is 2.27.